The molecule has 2 heterocycles. The molecule has 16 heavy (non-hydrogen) atoms. The number of aliphatic carboxylic acids is 1. The number of nitrogen functional groups attached to an aromatic ring is 1. The summed E-state index contributed by atoms with van der Waals surface area (Å²) >= 11 is 2.76. The van der Waals surface area contributed by atoms with Gasteiger partial charge in [0.15, 0.2) is 5.13 Å². The lowest BCUT2D eigenvalue weighted by Crippen LogP contribution is -1.98. The minimum atomic E-state index is -0.864. The number of thiazole rings is 1. The summed E-state index contributed by atoms with van der Waals surface area (Å²) in [5, 5.41) is 11.1. The van der Waals surface area contributed by atoms with Crippen molar-refractivity contribution in [3.05, 3.63) is 22.4 Å². The second-order valence-electron chi connectivity index (χ2n) is 2.87. The maximum absolute atomic E-state index is 10.6. The normalized spacial score (nSPS) is 9.75. The zero-order valence-electron chi connectivity index (χ0n) is 8.04. The number of halogens is 1. The third kappa shape index (κ3) is 2.81. The minimum Gasteiger partial charge on any atom is -0.481 e. The Balaban J connectivity index is 0.00000128. The van der Waals surface area contributed by atoms with Crippen molar-refractivity contribution in [3.63, 3.8) is 0 Å². The van der Waals surface area contributed by atoms with Gasteiger partial charge in [-0.25, -0.2) is 4.98 Å². The summed E-state index contributed by atoms with van der Waals surface area (Å²) in [5.74, 6) is -0.864. The van der Waals surface area contributed by atoms with Crippen LogP contribution >= 0.6 is 39.7 Å². The molecule has 0 saturated heterocycles. The molecule has 3 N–H and O–H groups in total. The lowest BCUT2D eigenvalue weighted by atomic mass is 10.2. The van der Waals surface area contributed by atoms with Gasteiger partial charge in [0.2, 0.25) is 0 Å². The van der Waals surface area contributed by atoms with E-state index in [0.29, 0.717) is 15.7 Å². The van der Waals surface area contributed by atoms with E-state index in [1.165, 1.54) is 22.7 Å². The summed E-state index contributed by atoms with van der Waals surface area (Å²) in [5.41, 5.74) is 6.28. The van der Waals surface area contributed by atoms with Crippen LogP contribution in [-0.4, -0.2) is 16.1 Å². The predicted octanol–water partition coefficient (Wildman–Crippen LogP) is 2.66. The number of nitrogens with two attached hydrogens (primary N) is 1. The largest absolute Gasteiger partial charge is 0.481 e. The number of rotatable bonds is 3. The van der Waals surface area contributed by atoms with E-state index in [2.05, 4.69) is 4.98 Å². The third-order valence-corrected chi connectivity index (χ3v) is 3.54. The number of carboxylic acids is 1. The Morgan fingerprint density at radius 1 is 1.56 bits per heavy atom. The van der Waals surface area contributed by atoms with E-state index < -0.39 is 5.97 Å². The fraction of sp³-hybridized carbons (Fsp3) is 0.111. The van der Waals surface area contributed by atoms with Gasteiger partial charge in [-0.1, -0.05) is 6.07 Å². The number of anilines is 1. The molecule has 0 aliphatic rings. The Morgan fingerprint density at radius 3 is 2.88 bits per heavy atom. The Bertz CT molecular complexity index is 482. The fourth-order valence-electron chi connectivity index (χ4n) is 1.23. The number of hydrogen-bond donors (Lipinski definition) is 2. The lowest BCUT2D eigenvalue weighted by Gasteiger charge is -1.95. The molecule has 0 bridgehead atoms. The number of carboxylic acid groups (broad SMARTS) is 1. The average Bonchev–Trinajstić information content (AvgIpc) is 2.72. The topological polar surface area (TPSA) is 76.2 Å². The SMILES string of the molecule is Br.Nc1nc(-c2cccs2)c(CC(=O)O)s1. The summed E-state index contributed by atoms with van der Waals surface area (Å²) in [6.07, 6.45) is -0.0257. The van der Waals surface area contributed by atoms with Crippen molar-refractivity contribution in [1.29, 1.82) is 0 Å². The number of thiophene rings is 1. The first-order valence-electron chi connectivity index (χ1n) is 4.17. The van der Waals surface area contributed by atoms with Crippen molar-refractivity contribution in [1.82, 2.24) is 4.98 Å². The molecular formula is C9H9BrN2O2S2. The molecule has 0 atom stereocenters. The Kier molecular flexibility index (Phi) is 4.45. The molecule has 2 aromatic rings. The molecule has 86 valence electrons. The smallest absolute Gasteiger partial charge is 0.308 e. The van der Waals surface area contributed by atoms with Gasteiger partial charge in [-0.3, -0.25) is 4.79 Å². The van der Waals surface area contributed by atoms with E-state index in [-0.39, 0.29) is 23.4 Å². The number of aromatic nitrogens is 1. The quantitative estimate of drug-likeness (QED) is 0.911. The predicted molar refractivity (Wildman–Crippen MR) is 71.5 cm³/mol. The molecule has 0 spiro atoms. The van der Waals surface area contributed by atoms with Gasteiger partial charge in [-0.05, 0) is 11.4 Å². The monoisotopic (exact) mass is 320 g/mol. The van der Waals surface area contributed by atoms with Crippen molar-refractivity contribution in [3.8, 4) is 10.6 Å². The van der Waals surface area contributed by atoms with Gasteiger partial charge < -0.3 is 10.8 Å². The van der Waals surface area contributed by atoms with Crippen LogP contribution in [0.25, 0.3) is 10.6 Å². The van der Waals surface area contributed by atoms with Crippen LogP contribution in [0.15, 0.2) is 17.5 Å². The molecule has 4 nitrogen and oxygen atoms in total. The highest BCUT2D eigenvalue weighted by Gasteiger charge is 2.14. The van der Waals surface area contributed by atoms with Crippen LogP contribution in [0.1, 0.15) is 4.88 Å². The molecule has 0 amide bonds. The molecular weight excluding hydrogens is 312 g/mol. The highest BCUT2D eigenvalue weighted by molar-refractivity contribution is 8.93. The Morgan fingerprint density at radius 2 is 2.31 bits per heavy atom. The van der Waals surface area contributed by atoms with Gasteiger partial charge in [0.05, 0.1) is 17.0 Å². The van der Waals surface area contributed by atoms with E-state index in [1.54, 1.807) is 0 Å². The van der Waals surface area contributed by atoms with E-state index in [0.717, 1.165) is 4.88 Å². The molecule has 0 aliphatic heterocycles. The van der Waals surface area contributed by atoms with Gasteiger partial charge in [-0.15, -0.1) is 39.7 Å². The fourth-order valence-corrected chi connectivity index (χ4v) is 2.88. The molecule has 0 aliphatic carbocycles. The van der Waals surface area contributed by atoms with E-state index in [4.69, 9.17) is 10.8 Å². The first-order chi connectivity index (χ1) is 7.16. The number of carbonyl (C=O) groups is 1. The number of hydrogen-bond acceptors (Lipinski definition) is 5. The summed E-state index contributed by atoms with van der Waals surface area (Å²) in [6.45, 7) is 0. The molecule has 0 radical (unpaired) electrons. The van der Waals surface area contributed by atoms with Crippen molar-refractivity contribution in [2.45, 2.75) is 6.42 Å². The maximum Gasteiger partial charge on any atom is 0.308 e. The van der Waals surface area contributed by atoms with Crippen LogP contribution in [0.2, 0.25) is 0 Å². The maximum atomic E-state index is 10.6. The first kappa shape index (κ1) is 13.1. The van der Waals surface area contributed by atoms with Crippen molar-refractivity contribution in [2.75, 3.05) is 5.73 Å². The molecule has 2 aromatic heterocycles. The van der Waals surface area contributed by atoms with E-state index in [1.807, 2.05) is 17.5 Å². The molecule has 7 heteroatoms. The summed E-state index contributed by atoms with van der Waals surface area (Å²) in [4.78, 5) is 16.5. The van der Waals surface area contributed by atoms with Gasteiger partial charge in [-0.2, -0.15) is 0 Å². The Labute approximate surface area is 111 Å². The van der Waals surface area contributed by atoms with Gasteiger partial charge in [0.25, 0.3) is 0 Å². The summed E-state index contributed by atoms with van der Waals surface area (Å²) < 4.78 is 0. The lowest BCUT2D eigenvalue weighted by molar-refractivity contribution is -0.136. The highest BCUT2D eigenvalue weighted by Crippen LogP contribution is 2.32. The van der Waals surface area contributed by atoms with Crippen molar-refractivity contribution < 1.29 is 9.90 Å². The second-order valence-corrected chi connectivity index (χ2v) is 4.93. The van der Waals surface area contributed by atoms with Crippen LogP contribution in [0.3, 0.4) is 0 Å². The van der Waals surface area contributed by atoms with Crippen molar-refractivity contribution in [2.24, 2.45) is 0 Å². The summed E-state index contributed by atoms with van der Waals surface area (Å²) in [7, 11) is 0. The van der Waals surface area contributed by atoms with Crippen LogP contribution in [0.5, 0.6) is 0 Å². The van der Waals surface area contributed by atoms with Crippen LogP contribution in [0, 0.1) is 0 Å². The molecule has 0 fully saturated rings. The first-order valence-corrected chi connectivity index (χ1v) is 5.87. The third-order valence-electron chi connectivity index (χ3n) is 1.78. The molecule has 0 unspecified atom stereocenters. The van der Waals surface area contributed by atoms with Crippen molar-refractivity contribution >= 4 is 50.8 Å². The average molecular weight is 321 g/mol. The molecule has 0 saturated carbocycles. The highest BCUT2D eigenvalue weighted by atomic mass is 79.9. The zero-order valence-corrected chi connectivity index (χ0v) is 11.4. The van der Waals surface area contributed by atoms with Gasteiger partial charge in [0, 0.05) is 4.88 Å². The van der Waals surface area contributed by atoms with Gasteiger partial charge in [0.1, 0.15) is 0 Å². The molecule has 0 aromatic carbocycles. The number of nitrogens with zero attached hydrogens (tertiary/aromatic N) is 1. The minimum absolute atomic E-state index is 0. The van der Waals surface area contributed by atoms with E-state index >= 15 is 0 Å². The van der Waals surface area contributed by atoms with Gasteiger partial charge >= 0.3 is 5.97 Å². The second kappa shape index (κ2) is 5.42. The van der Waals surface area contributed by atoms with Crippen LogP contribution in [0.4, 0.5) is 5.13 Å². The van der Waals surface area contributed by atoms with E-state index in [9.17, 15) is 4.79 Å². The van der Waals surface area contributed by atoms with Crippen LogP contribution in [-0.2, 0) is 11.2 Å². The Hall–Kier alpha value is -0.920. The van der Waals surface area contributed by atoms with Crippen LogP contribution < -0.4 is 5.73 Å². The summed E-state index contributed by atoms with van der Waals surface area (Å²) in [6, 6.07) is 3.81. The standard InChI is InChI=1S/C9H8N2O2S2.BrH/c10-9-11-8(5-2-1-3-14-5)6(15-9)4-7(12)13;/h1-3H,4H2,(H2,10,11)(H,12,13);1H. The molecule has 2 rings (SSSR count). The zero-order chi connectivity index (χ0) is 10.8.